The monoisotopic (exact) mass is 184 g/mol. The molecule has 5 nitrogen and oxygen atoms in total. The summed E-state index contributed by atoms with van der Waals surface area (Å²) in [4.78, 5) is 23.0. The van der Waals surface area contributed by atoms with Crippen LogP contribution in [0.2, 0.25) is 0 Å². The Bertz CT molecular complexity index is 244. The van der Waals surface area contributed by atoms with Gasteiger partial charge in [0.1, 0.15) is 0 Å². The number of carbonyl (C=O) groups is 2. The molecule has 0 N–H and O–H groups in total. The Hall–Kier alpha value is -1.57. The maximum Gasteiger partial charge on any atom is 0.396 e. The van der Waals surface area contributed by atoms with Crippen molar-refractivity contribution in [2.24, 2.45) is 5.92 Å². The van der Waals surface area contributed by atoms with Gasteiger partial charge in [-0.25, -0.2) is 4.79 Å². The number of likely N-dealkylation sites (N-methyl/N-ethyl adjacent to an activating group) is 1. The first-order valence-electron chi connectivity index (χ1n) is 3.76. The summed E-state index contributed by atoms with van der Waals surface area (Å²) in [6, 6.07) is 1.96. The van der Waals surface area contributed by atoms with E-state index in [1.54, 1.807) is 6.92 Å². The van der Waals surface area contributed by atoms with Crippen LogP contribution in [-0.4, -0.2) is 37.5 Å². The van der Waals surface area contributed by atoms with Crippen molar-refractivity contribution in [2.45, 2.75) is 6.92 Å². The van der Waals surface area contributed by atoms with Gasteiger partial charge in [0.15, 0.2) is 0 Å². The van der Waals surface area contributed by atoms with Gasteiger partial charge in [0.2, 0.25) is 0 Å². The Morgan fingerprint density at radius 1 is 1.62 bits per heavy atom. The molecular formula is C8H12N2O3. The second-order valence-corrected chi connectivity index (χ2v) is 2.71. The van der Waals surface area contributed by atoms with E-state index < -0.39 is 11.9 Å². The molecule has 0 aliphatic carbocycles. The van der Waals surface area contributed by atoms with Crippen molar-refractivity contribution >= 4 is 11.9 Å². The van der Waals surface area contributed by atoms with E-state index in [1.165, 1.54) is 11.9 Å². The number of ether oxygens (including phenoxy) is 1. The van der Waals surface area contributed by atoms with E-state index in [-0.39, 0.29) is 12.5 Å². The van der Waals surface area contributed by atoms with Crippen LogP contribution in [0.5, 0.6) is 0 Å². The molecule has 72 valence electrons. The fraction of sp³-hybridized carbons (Fsp3) is 0.625. The highest BCUT2D eigenvalue weighted by molar-refractivity contribution is 6.32. The third-order valence-corrected chi connectivity index (χ3v) is 1.47. The highest BCUT2D eigenvalue weighted by Gasteiger charge is 2.20. The van der Waals surface area contributed by atoms with E-state index in [0.717, 1.165) is 7.11 Å². The van der Waals surface area contributed by atoms with Crippen LogP contribution >= 0.6 is 0 Å². The lowest BCUT2D eigenvalue weighted by Crippen LogP contribution is -2.36. The van der Waals surface area contributed by atoms with Gasteiger partial charge < -0.3 is 9.64 Å². The summed E-state index contributed by atoms with van der Waals surface area (Å²) in [5.74, 6) is -1.93. The molecule has 0 saturated heterocycles. The standard InChI is InChI=1S/C8H12N2O3/c1-6(4-9)5-10(2)7(11)8(12)13-3/h6H,5H2,1-3H3. The molecule has 0 radical (unpaired) electrons. The van der Waals surface area contributed by atoms with Crippen LogP contribution in [0.25, 0.3) is 0 Å². The highest BCUT2D eigenvalue weighted by Crippen LogP contribution is 1.96. The van der Waals surface area contributed by atoms with Crippen LogP contribution in [0, 0.1) is 17.2 Å². The summed E-state index contributed by atoms with van der Waals surface area (Å²) >= 11 is 0. The lowest BCUT2D eigenvalue weighted by molar-refractivity contribution is -0.157. The fourth-order valence-electron chi connectivity index (χ4n) is 0.778. The first-order chi connectivity index (χ1) is 6.02. The third kappa shape index (κ3) is 3.56. The van der Waals surface area contributed by atoms with Crippen LogP contribution in [0.1, 0.15) is 6.92 Å². The van der Waals surface area contributed by atoms with E-state index in [0.29, 0.717) is 0 Å². The van der Waals surface area contributed by atoms with Gasteiger partial charge in [-0.15, -0.1) is 0 Å². The Kier molecular flexibility index (Phi) is 4.52. The van der Waals surface area contributed by atoms with Crippen molar-refractivity contribution in [1.82, 2.24) is 4.90 Å². The largest absolute Gasteiger partial charge is 0.462 e. The van der Waals surface area contributed by atoms with Crippen molar-refractivity contribution in [3.63, 3.8) is 0 Å². The molecule has 0 saturated carbocycles. The number of hydrogen-bond donors (Lipinski definition) is 0. The average molecular weight is 184 g/mol. The Morgan fingerprint density at radius 2 is 2.15 bits per heavy atom. The minimum absolute atomic E-state index is 0.227. The zero-order valence-electron chi connectivity index (χ0n) is 7.90. The SMILES string of the molecule is COC(=O)C(=O)N(C)CC(C)C#N. The predicted octanol–water partition coefficient (Wildman–Crippen LogP) is -0.223. The van der Waals surface area contributed by atoms with Crippen molar-refractivity contribution in [2.75, 3.05) is 20.7 Å². The molecule has 1 unspecified atom stereocenters. The number of amides is 1. The zero-order valence-corrected chi connectivity index (χ0v) is 7.90. The normalized spacial score (nSPS) is 11.2. The van der Waals surface area contributed by atoms with Crippen LogP contribution in [0.4, 0.5) is 0 Å². The molecule has 0 aliphatic heterocycles. The number of nitriles is 1. The fourth-order valence-corrected chi connectivity index (χ4v) is 0.778. The van der Waals surface area contributed by atoms with E-state index in [9.17, 15) is 9.59 Å². The number of methoxy groups -OCH3 is 1. The predicted molar refractivity (Wildman–Crippen MR) is 44.4 cm³/mol. The summed E-state index contributed by atoms with van der Waals surface area (Å²) in [6.07, 6.45) is 0. The lowest BCUT2D eigenvalue weighted by Gasteiger charge is -2.16. The molecule has 0 heterocycles. The molecule has 5 heteroatoms. The number of hydrogen-bond acceptors (Lipinski definition) is 4. The maximum absolute atomic E-state index is 11.1. The molecule has 0 aromatic rings. The molecule has 13 heavy (non-hydrogen) atoms. The van der Waals surface area contributed by atoms with Crippen molar-refractivity contribution in [1.29, 1.82) is 5.26 Å². The van der Waals surface area contributed by atoms with E-state index >= 15 is 0 Å². The van der Waals surface area contributed by atoms with Crippen molar-refractivity contribution < 1.29 is 14.3 Å². The molecule has 0 fully saturated rings. The van der Waals surface area contributed by atoms with Crippen molar-refractivity contribution in [3.8, 4) is 6.07 Å². The third-order valence-electron chi connectivity index (χ3n) is 1.47. The second-order valence-electron chi connectivity index (χ2n) is 2.71. The highest BCUT2D eigenvalue weighted by atomic mass is 16.5. The van der Waals surface area contributed by atoms with Crippen LogP contribution in [-0.2, 0) is 14.3 Å². The van der Waals surface area contributed by atoms with Gasteiger partial charge in [0.05, 0.1) is 19.1 Å². The van der Waals surface area contributed by atoms with Crippen LogP contribution in [0.3, 0.4) is 0 Å². The average Bonchev–Trinajstić information content (AvgIpc) is 2.14. The summed E-state index contributed by atoms with van der Waals surface area (Å²) in [5.41, 5.74) is 0. The van der Waals surface area contributed by atoms with Gasteiger partial charge in [-0.2, -0.15) is 5.26 Å². The number of rotatable bonds is 2. The minimum atomic E-state index is -0.910. The quantitative estimate of drug-likeness (QED) is 0.439. The first kappa shape index (κ1) is 11.4. The van der Waals surface area contributed by atoms with E-state index in [2.05, 4.69) is 4.74 Å². The second kappa shape index (κ2) is 5.14. The maximum atomic E-state index is 11.1. The summed E-state index contributed by atoms with van der Waals surface area (Å²) in [7, 11) is 2.59. The van der Waals surface area contributed by atoms with Crippen LogP contribution < -0.4 is 0 Å². The molecule has 0 spiro atoms. The lowest BCUT2D eigenvalue weighted by atomic mass is 10.2. The molecule has 0 aromatic heterocycles. The molecule has 0 rings (SSSR count). The smallest absolute Gasteiger partial charge is 0.396 e. The van der Waals surface area contributed by atoms with Crippen molar-refractivity contribution in [3.05, 3.63) is 0 Å². The van der Waals surface area contributed by atoms with Gasteiger partial charge in [0.25, 0.3) is 0 Å². The first-order valence-corrected chi connectivity index (χ1v) is 3.76. The summed E-state index contributed by atoms with van der Waals surface area (Å²) < 4.78 is 4.24. The van der Waals surface area contributed by atoms with E-state index in [1.807, 2.05) is 6.07 Å². The molecule has 0 bridgehead atoms. The Balaban J connectivity index is 4.13. The summed E-state index contributed by atoms with van der Waals surface area (Å²) in [5, 5.41) is 8.46. The van der Waals surface area contributed by atoms with Gasteiger partial charge >= 0.3 is 11.9 Å². The molecule has 0 aliphatic rings. The zero-order chi connectivity index (χ0) is 10.4. The topological polar surface area (TPSA) is 70.4 Å². The van der Waals surface area contributed by atoms with Crippen LogP contribution in [0.15, 0.2) is 0 Å². The molecular weight excluding hydrogens is 172 g/mol. The van der Waals surface area contributed by atoms with Gasteiger partial charge in [-0.3, -0.25) is 4.79 Å². The summed E-state index contributed by atoms with van der Waals surface area (Å²) in [6.45, 7) is 1.89. The van der Waals surface area contributed by atoms with Gasteiger partial charge in [-0.1, -0.05) is 0 Å². The Morgan fingerprint density at radius 3 is 2.54 bits per heavy atom. The molecule has 1 amide bonds. The van der Waals surface area contributed by atoms with Gasteiger partial charge in [0, 0.05) is 13.6 Å². The van der Waals surface area contributed by atoms with Gasteiger partial charge in [-0.05, 0) is 6.92 Å². The van der Waals surface area contributed by atoms with E-state index in [4.69, 9.17) is 5.26 Å². The Labute approximate surface area is 76.9 Å². The minimum Gasteiger partial charge on any atom is -0.462 e. The molecule has 0 aromatic carbocycles. The number of esters is 1. The number of nitrogens with zero attached hydrogens (tertiary/aromatic N) is 2. The number of carbonyl (C=O) groups excluding carboxylic acids is 2. The molecule has 1 atom stereocenters.